The van der Waals surface area contributed by atoms with E-state index in [1.165, 1.54) is 0 Å². The quantitative estimate of drug-likeness (QED) is 0.487. The molecule has 210 valence electrons. The fourth-order valence-electron chi connectivity index (χ4n) is 5.78. The van der Waals surface area contributed by atoms with Crippen molar-refractivity contribution in [2.45, 2.75) is 51.4 Å². The minimum absolute atomic E-state index is 0.0350. The highest BCUT2D eigenvalue weighted by atomic mass is 16.2. The molecule has 8 nitrogen and oxygen atoms in total. The molecule has 4 amide bonds. The zero-order chi connectivity index (χ0) is 27.6. The first-order valence-electron chi connectivity index (χ1n) is 14.8. The van der Waals surface area contributed by atoms with Gasteiger partial charge in [-0.05, 0) is 85.8 Å². The lowest BCUT2D eigenvalue weighted by molar-refractivity contribution is -0.131. The number of carbonyl (C=O) groups excluding carboxylic acids is 4. The molecule has 8 heteroatoms. The van der Waals surface area contributed by atoms with Gasteiger partial charge in [0.1, 0.15) is 0 Å². The van der Waals surface area contributed by atoms with E-state index in [1.807, 2.05) is 58.3 Å². The summed E-state index contributed by atoms with van der Waals surface area (Å²) in [5.74, 6) is 1.10. The standard InChI is InChI=1S/C32H38N4O4/c37-29(17-21-1-2-21)35-15-13-25(19-35)31(39)33-27-9-5-23(6-10-27)24-7-11-28(12-8-24)34-32(40)26-14-16-36(20-26)30(38)18-22-3-4-22/h5-12,21-22,25-26H,1-4,13-20H2,(H,33,39)(H,34,40)/t25-,26+. The number of nitrogens with one attached hydrogen (secondary N) is 2. The van der Waals surface area contributed by atoms with Crippen LogP contribution >= 0.6 is 0 Å². The van der Waals surface area contributed by atoms with E-state index in [9.17, 15) is 19.2 Å². The summed E-state index contributed by atoms with van der Waals surface area (Å²) in [6.45, 7) is 2.35. The van der Waals surface area contributed by atoms with Gasteiger partial charge < -0.3 is 20.4 Å². The summed E-state index contributed by atoms with van der Waals surface area (Å²) in [6.07, 6.45) is 7.30. The molecule has 4 fully saturated rings. The molecule has 4 aliphatic rings. The molecule has 2 aromatic rings. The molecule has 2 aliphatic carbocycles. The Kier molecular flexibility index (Phi) is 7.59. The Morgan fingerprint density at radius 2 is 0.950 bits per heavy atom. The van der Waals surface area contributed by atoms with Crippen molar-refractivity contribution in [2.24, 2.45) is 23.7 Å². The summed E-state index contributed by atoms with van der Waals surface area (Å²) < 4.78 is 0. The Morgan fingerprint density at radius 3 is 1.30 bits per heavy atom. The number of benzene rings is 2. The molecule has 2 N–H and O–H groups in total. The van der Waals surface area contributed by atoms with Gasteiger partial charge in [0.15, 0.2) is 0 Å². The molecule has 0 aromatic heterocycles. The summed E-state index contributed by atoms with van der Waals surface area (Å²) in [6, 6.07) is 15.4. The number of nitrogens with zero attached hydrogens (tertiary/aromatic N) is 2. The van der Waals surface area contributed by atoms with Crippen molar-refractivity contribution in [2.75, 3.05) is 36.8 Å². The number of anilines is 2. The Balaban J connectivity index is 0.969. The smallest absolute Gasteiger partial charge is 0.229 e. The predicted octanol–water partition coefficient (Wildman–Crippen LogP) is 4.53. The summed E-state index contributed by atoms with van der Waals surface area (Å²) >= 11 is 0. The highest BCUT2D eigenvalue weighted by Crippen LogP contribution is 2.34. The van der Waals surface area contributed by atoms with Gasteiger partial charge in [0.2, 0.25) is 23.6 Å². The highest BCUT2D eigenvalue weighted by Gasteiger charge is 2.35. The summed E-state index contributed by atoms with van der Waals surface area (Å²) in [7, 11) is 0. The van der Waals surface area contributed by atoms with E-state index in [0.717, 1.165) is 48.2 Å². The molecule has 6 rings (SSSR count). The fourth-order valence-corrected chi connectivity index (χ4v) is 5.78. The molecule has 2 saturated heterocycles. The molecule has 2 saturated carbocycles. The van der Waals surface area contributed by atoms with Crippen LogP contribution in [0, 0.1) is 23.7 Å². The first-order chi connectivity index (χ1) is 19.4. The first kappa shape index (κ1) is 26.5. The molecule has 0 bridgehead atoms. The number of hydrogen-bond acceptors (Lipinski definition) is 4. The van der Waals surface area contributed by atoms with Crippen molar-refractivity contribution in [3.8, 4) is 11.1 Å². The molecule has 0 unspecified atom stereocenters. The Hall–Kier alpha value is -3.68. The number of carbonyl (C=O) groups is 4. The van der Waals surface area contributed by atoms with Crippen molar-refractivity contribution < 1.29 is 19.2 Å². The lowest BCUT2D eigenvalue weighted by Gasteiger charge is -2.16. The van der Waals surface area contributed by atoms with E-state index >= 15 is 0 Å². The van der Waals surface area contributed by atoms with Crippen LogP contribution in [0.5, 0.6) is 0 Å². The van der Waals surface area contributed by atoms with Crippen molar-refractivity contribution in [3.63, 3.8) is 0 Å². The maximum atomic E-state index is 12.8. The molecular formula is C32H38N4O4. The van der Waals surface area contributed by atoms with Crippen LogP contribution in [0.15, 0.2) is 48.5 Å². The van der Waals surface area contributed by atoms with Gasteiger partial charge in [0.05, 0.1) is 11.8 Å². The molecule has 2 atom stereocenters. The lowest BCUT2D eigenvalue weighted by Crippen LogP contribution is -2.31. The molecule has 2 aliphatic heterocycles. The van der Waals surface area contributed by atoms with Gasteiger partial charge in [-0.25, -0.2) is 0 Å². The maximum Gasteiger partial charge on any atom is 0.229 e. The summed E-state index contributed by atoms with van der Waals surface area (Å²) in [5.41, 5.74) is 3.49. The van der Waals surface area contributed by atoms with Gasteiger partial charge in [0.25, 0.3) is 0 Å². The number of rotatable bonds is 9. The number of amides is 4. The third-order valence-electron chi connectivity index (χ3n) is 8.78. The van der Waals surface area contributed by atoms with Crippen LogP contribution in [-0.2, 0) is 19.2 Å². The normalized spacial score (nSPS) is 22.3. The molecule has 0 radical (unpaired) electrons. The third kappa shape index (κ3) is 6.54. The zero-order valence-electron chi connectivity index (χ0n) is 22.9. The van der Waals surface area contributed by atoms with Crippen molar-refractivity contribution >= 4 is 35.0 Å². The maximum absolute atomic E-state index is 12.8. The average Bonchev–Trinajstić information content (AvgIpc) is 3.84. The van der Waals surface area contributed by atoms with Gasteiger partial charge in [-0.15, -0.1) is 0 Å². The van der Waals surface area contributed by atoms with Gasteiger partial charge >= 0.3 is 0 Å². The Bertz CT molecular complexity index is 1170. The molecular weight excluding hydrogens is 504 g/mol. The molecule has 0 spiro atoms. The van der Waals surface area contributed by atoms with E-state index in [0.29, 0.717) is 63.7 Å². The predicted molar refractivity (Wildman–Crippen MR) is 153 cm³/mol. The number of likely N-dealkylation sites (tertiary alicyclic amines) is 2. The first-order valence-corrected chi connectivity index (χ1v) is 14.8. The average molecular weight is 543 g/mol. The zero-order valence-corrected chi connectivity index (χ0v) is 22.9. The minimum Gasteiger partial charge on any atom is -0.342 e. The van der Waals surface area contributed by atoms with Crippen LogP contribution in [0.3, 0.4) is 0 Å². The van der Waals surface area contributed by atoms with Crippen molar-refractivity contribution in [1.29, 1.82) is 0 Å². The lowest BCUT2D eigenvalue weighted by atomic mass is 10.0. The monoisotopic (exact) mass is 542 g/mol. The van der Waals surface area contributed by atoms with E-state index in [4.69, 9.17) is 0 Å². The third-order valence-corrected chi connectivity index (χ3v) is 8.78. The Labute approximate surface area is 235 Å². The minimum atomic E-state index is -0.166. The van der Waals surface area contributed by atoms with Crippen LogP contribution in [0.4, 0.5) is 11.4 Å². The Morgan fingerprint density at radius 1 is 0.575 bits per heavy atom. The van der Waals surface area contributed by atoms with Gasteiger partial charge in [-0.2, -0.15) is 0 Å². The highest BCUT2D eigenvalue weighted by molar-refractivity contribution is 5.94. The van der Waals surface area contributed by atoms with Gasteiger partial charge in [-0.1, -0.05) is 24.3 Å². The van der Waals surface area contributed by atoms with E-state index < -0.39 is 0 Å². The van der Waals surface area contributed by atoms with Crippen LogP contribution in [0.25, 0.3) is 11.1 Å². The van der Waals surface area contributed by atoms with E-state index in [-0.39, 0.29) is 35.5 Å². The van der Waals surface area contributed by atoms with Crippen LogP contribution in [0.1, 0.15) is 51.4 Å². The van der Waals surface area contributed by atoms with Crippen molar-refractivity contribution in [3.05, 3.63) is 48.5 Å². The van der Waals surface area contributed by atoms with Crippen LogP contribution < -0.4 is 10.6 Å². The topological polar surface area (TPSA) is 98.8 Å². The number of hydrogen-bond donors (Lipinski definition) is 2. The van der Waals surface area contributed by atoms with Crippen molar-refractivity contribution in [1.82, 2.24) is 9.80 Å². The van der Waals surface area contributed by atoms with Gasteiger partial charge in [-0.3, -0.25) is 19.2 Å². The second-order valence-corrected chi connectivity index (χ2v) is 12.1. The second kappa shape index (κ2) is 11.4. The fraction of sp³-hybridized carbons (Fsp3) is 0.500. The molecule has 2 aromatic carbocycles. The summed E-state index contributed by atoms with van der Waals surface area (Å²) in [5, 5.41) is 6.01. The largest absolute Gasteiger partial charge is 0.342 e. The molecule has 2 heterocycles. The van der Waals surface area contributed by atoms with E-state index in [2.05, 4.69) is 10.6 Å². The van der Waals surface area contributed by atoms with Gasteiger partial charge in [0, 0.05) is 50.4 Å². The van der Waals surface area contributed by atoms with Crippen LogP contribution in [0.2, 0.25) is 0 Å². The SMILES string of the molecule is O=C(Nc1ccc(-c2ccc(NC(=O)[C@H]3CCN(C(=O)CC4CC4)C3)cc2)cc1)[C@@H]1CCN(C(=O)CC2CC2)C1. The van der Waals surface area contributed by atoms with Crippen LogP contribution in [-0.4, -0.2) is 59.6 Å². The molecule has 40 heavy (non-hydrogen) atoms. The summed E-state index contributed by atoms with van der Waals surface area (Å²) in [4.78, 5) is 54.0. The van der Waals surface area contributed by atoms with E-state index in [1.54, 1.807) is 0 Å². The second-order valence-electron chi connectivity index (χ2n) is 12.1.